The lowest BCUT2D eigenvalue weighted by molar-refractivity contribution is 0.0906. The first kappa shape index (κ1) is 23.5. The Kier molecular flexibility index (Phi) is 6.99. The van der Waals surface area contributed by atoms with Gasteiger partial charge in [0, 0.05) is 35.8 Å². The maximum absolute atomic E-state index is 12.9. The molecule has 0 radical (unpaired) electrons. The smallest absolute Gasteiger partial charge is 0.256 e. The fourth-order valence-corrected chi connectivity index (χ4v) is 3.54. The molecule has 0 fully saturated rings. The highest BCUT2D eigenvalue weighted by Gasteiger charge is 2.24. The van der Waals surface area contributed by atoms with Gasteiger partial charge in [0.1, 0.15) is 11.5 Å². The lowest BCUT2D eigenvalue weighted by atomic mass is 10.1. The molecule has 1 atom stereocenters. The van der Waals surface area contributed by atoms with E-state index in [9.17, 15) is 9.59 Å². The van der Waals surface area contributed by atoms with E-state index in [0.29, 0.717) is 29.2 Å². The van der Waals surface area contributed by atoms with E-state index in [2.05, 4.69) is 22.5 Å². The van der Waals surface area contributed by atoms with Crippen LogP contribution in [-0.4, -0.2) is 41.1 Å². The Morgan fingerprint density at radius 2 is 1.78 bits per heavy atom. The predicted octanol–water partition coefficient (Wildman–Crippen LogP) is 4.37. The topological polar surface area (TPSA) is 85.3 Å². The second kappa shape index (κ2) is 9.53. The predicted molar refractivity (Wildman–Crippen MR) is 127 cm³/mol. The van der Waals surface area contributed by atoms with Crippen molar-refractivity contribution in [3.63, 3.8) is 0 Å². The highest BCUT2D eigenvalue weighted by atomic mass is 16.5. The van der Waals surface area contributed by atoms with E-state index in [-0.39, 0.29) is 23.4 Å². The van der Waals surface area contributed by atoms with Crippen LogP contribution in [0.2, 0.25) is 0 Å². The van der Waals surface area contributed by atoms with Crippen LogP contribution < -0.4 is 10.6 Å². The number of carbonyl (C=O) groups excluding carboxylic acids is 2. The van der Waals surface area contributed by atoms with E-state index in [1.54, 1.807) is 13.2 Å². The molecule has 3 aromatic rings. The maximum Gasteiger partial charge on any atom is 0.256 e. The summed E-state index contributed by atoms with van der Waals surface area (Å²) in [7, 11) is 1.60. The van der Waals surface area contributed by atoms with E-state index in [0.717, 1.165) is 11.8 Å². The number of hydrogen-bond acceptors (Lipinski definition) is 4. The Bertz CT molecular complexity index is 1110. The fourth-order valence-electron chi connectivity index (χ4n) is 3.54. The second-order valence-corrected chi connectivity index (χ2v) is 8.99. The number of aromatic nitrogens is 2. The Morgan fingerprint density at radius 1 is 1.09 bits per heavy atom. The number of rotatable bonds is 7. The zero-order chi connectivity index (χ0) is 23.5. The van der Waals surface area contributed by atoms with Crippen LogP contribution in [0.4, 0.5) is 5.82 Å². The molecule has 2 aromatic heterocycles. The number of hydrogen-bond donors (Lipinski definition) is 2. The summed E-state index contributed by atoms with van der Waals surface area (Å²) in [5, 5.41) is 6.56. The highest BCUT2D eigenvalue weighted by Crippen LogP contribution is 2.28. The normalized spacial score (nSPS) is 12.6. The van der Waals surface area contributed by atoms with Gasteiger partial charge in [-0.3, -0.25) is 9.59 Å². The van der Waals surface area contributed by atoms with Gasteiger partial charge in [-0.2, -0.15) is 0 Å². The van der Waals surface area contributed by atoms with Crippen molar-refractivity contribution in [3.8, 4) is 0 Å². The van der Waals surface area contributed by atoms with E-state index in [1.807, 2.05) is 68.8 Å². The van der Waals surface area contributed by atoms with E-state index >= 15 is 0 Å². The van der Waals surface area contributed by atoms with Crippen LogP contribution >= 0.6 is 0 Å². The van der Waals surface area contributed by atoms with Gasteiger partial charge in [0.05, 0.1) is 12.2 Å². The lowest BCUT2D eigenvalue weighted by Gasteiger charge is -2.22. The average Bonchev–Trinajstić information content (AvgIpc) is 3.13. The third kappa shape index (κ3) is 5.16. The molecule has 32 heavy (non-hydrogen) atoms. The molecule has 7 nitrogen and oxygen atoms in total. The first-order chi connectivity index (χ1) is 15.1. The molecule has 0 spiro atoms. The van der Waals surface area contributed by atoms with Crippen LogP contribution in [0.15, 0.2) is 42.6 Å². The van der Waals surface area contributed by atoms with Crippen molar-refractivity contribution in [2.75, 3.05) is 19.0 Å². The van der Waals surface area contributed by atoms with Crippen LogP contribution in [0.1, 0.15) is 60.9 Å². The molecule has 7 heteroatoms. The summed E-state index contributed by atoms with van der Waals surface area (Å²) < 4.78 is 7.08. The number of ether oxygens (including phenoxy) is 1. The minimum absolute atomic E-state index is 0.119. The summed E-state index contributed by atoms with van der Waals surface area (Å²) in [4.78, 5) is 30.3. The van der Waals surface area contributed by atoms with Gasteiger partial charge in [0.15, 0.2) is 0 Å². The van der Waals surface area contributed by atoms with Crippen LogP contribution in [0.3, 0.4) is 0 Å². The van der Waals surface area contributed by atoms with Crippen LogP contribution in [0.5, 0.6) is 0 Å². The molecule has 0 aliphatic carbocycles. The zero-order valence-electron chi connectivity index (χ0n) is 19.7. The average molecular weight is 437 g/mol. The maximum atomic E-state index is 12.9. The van der Waals surface area contributed by atoms with Crippen molar-refractivity contribution >= 4 is 28.7 Å². The van der Waals surface area contributed by atoms with Crippen molar-refractivity contribution in [2.45, 2.75) is 52.6 Å². The summed E-state index contributed by atoms with van der Waals surface area (Å²) in [6.07, 6.45) is 2.74. The van der Waals surface area contributed by atoms with Gasteiger partial charge in [0.25, 0.3) is 11.8 Å². The number of anilines is 1. The number of nitrogens with one attached hydrogen (secondary N) is 2. The summed E-state index contributed by atoms with van der Waals surface area (Å²) >= 11 is 0. The Hall–Kier alpha value is -3.19. The van der Waals surface area contributed by atoms with E-state index in [4.69, 9.17) is 4.74 Å². The van der Waals surface area contributed by atoms with Gasteiger partial charge in [-0.05, 0) is 63.9 Å². The Balaban J connectivity index is 1.94. The molecule has 0 aliphatic rings. The molecule has 170 valence electrons. The number of fused-ring (bicyclic) bond motifs is 1. The number of aryl methyl sites for hydroxylation is 1. The van der Waals surface area contributed by atoms with Crippen molar-refractivity contribution in [2.24, 2.45) is 0 Å². The molecular weight excluding hydrogens is 404 g/mol. The largest absolute Gasteiger partial charge is 0.383 e. The van der Waals surface area contributed by atoms with Crippen molar-refractivity contribution in [3.05, 3.63) is 59.3 Å². The third-order valence-electron chi connectivity index (χ3n) is 5.28. The van der Waals surface area contributed by atoms with E-state index in [1.165, 1.54) is 5.56 Å². The quantitative estimate of drug-likeness (QED) is 0.576. The van der Waals surface area contributed by atoms with Gasteiger partial charge in [-0.1, -0.05) is 19.1 Å². The second-order valence-electron chi connectivity index (χ2n) is 8.99. The molecule has 3 rings (SSSR count). The van der Waals surface area contributed by atoms with Gasteiger partial charge in [0.2, 0.25) is 0 Å². The van der Waals surface area contributed by atoms with E-state index < -0.39 is 0 Å². The molecule has 0 saturated carbocycles. The number of methoxy groups -OCH3 is 1. The molecule has 2 amide bonds. The summed E-state index contributed by atoms with van der Waals surface area (Å²) in [5.41, 5.74) is 2.62. The lowest BCUT2D eigenvalue weighted by Crippen LogP contribution is -2.35. The summed E-state index contributed by atoms with van der Waals surface area (Å²) in [6, 6.07) is 11.0. The molecule has 0 unspecified atom stereocenters. The number of amides is 2. The Morgan fingerprint density at radius 3 is 2.38 bits per heavy atom. The minimum Gasteiger partial charge on any atom is -0.383 e. The first-order valence-electron chi connectivity index (χ1n) is 10.9. The standard InChI is InChI=1S/C25H32N4O3/c1-7-17-8-10-18(11-9-17)23(30)28-21-13-12-19-20(24(31)26-16(2)15-32-6)14-29(22(19)27-21)25(3,4)5/h8-14,16H,7,15H2,1-6H3,(H,26,31)(H,27,28,30)/t16-/m1/s1. The fraction of sp³-hybridized carbons (Fsp3) is 0.400. The van der Waals surface area contributed by atoms with Gasteiger partial charge >= 0.3 is 0 Å². The molecular formula is C25H32N4O3. The van der Waals surface area contributed by atoms with Crippen LogP contribution in [0.25, 0.3) is 11.0 Å². The minimum atomic E-state index is -0.305. The number of pyridine rings is 1. The molecule has 2 heterocycles. The van der Waals surface area contributed by atoms with Crippen molar-refractivity contribution in [1.29, 1.82) is 0 Å². The molecule has 0 aliphatic heterocycles. The van der Waals surface area contributed by atoms with Crippen LogP contribution in [0, 0.1) is 0 Å². The zero-order valence-corrected chi connectivity index (χ0v) is 19.7. The van der Waals surface area contributed by atoms with Gasteiger partial charge in [-0.15, -0.1) is 0 Å². The molecule has 0 saturated heterocycles. The van der Waals surface area contributed by atoms with Crippen molar-refractivity contribution < 1.29 is 14.3 Å². The van der Waals surface area contributed by atoms with Crippen molar-refractivity contribution in [1.82, 2.24) is 14.9 Å². The summed E-state index contributed by atoms with van der Waals surface area (Å²) in [6.45, 7) is 10.5. The monoisotopic (exact) mass is 436 g/mol. The Labute approximate surface area is 189 Å². The number of nitrogens with zero attached hydrogens (tertiary/aromatic N) is 2. The molecule has 0 bridgehead atoms. The SMILES string of the molecule is CCc1ccc(C(=O)Nc2ccc3c(C(=O)N[C@H](C)COC)cn(C(C)(C)C)c3n2)cc1. The third-order valence-corrected chi connectivity index (χ3v) is 5.28. The number of carbonyl (C=O) groups is 2. The number of benzene rings is 1. The van der Waals surface area contributed by atoms with Gasteiger partial charge < -0.3 is 19.9 Å². The molecule has 2 N–H and O–H groups in total. The summed E-state index contributed by atoms with van der Waals surface area (Å²) in [5.74, 6) is 0.0299. The first-order valence-corrected chi connectivity index (χ1v) is 10.9. The van der Waals surface area contributed by atoms with Crippen LogP contribution in [-0.2, 0) is 16.7 Å². The van der Waals surface area contributed by atoms with Gasteiger partial charge in [-0.25, -0.2) is 4.98 Å². The molecule has 1 aromatic carbocycles. The highest BCUT2D eigenvalue weighted by molar-refractivity contribution is 6.08.